The molecular weight excluding hydrogens is 226 g/mol. The Hall–Kier alpha value is -1.41. The Labute approximate surface area is 107 Å². The molecular formula is C15H17NS. The van der Waals surface area contributed by atoms with Crippen LogP contribution in [0.3, 0.4) is 0 Å². The van der Waals surface area contributed by atoms with Crippen molar-refractivity contribution in [2.75, 3.05) is 17.6 Å². The van der Waals surface area contributed by atoms with Crippen LogP contribution in [0.2, 0.25) is 0 Å². The zero-order valence-corrected chi connectivity index (χ0v) is 10.8. The summed E-state index contributed by atoms with van der Waals surface area (Å²) in [4.78, 5) is 1.38. The third-order valence-electron chi connectivity index (χ3n) is 2.56. The van der Waals surface area contributed by atoms with Gasteiger partial charge in [0.25, 0.3) is 0 Å². The summed E-state index contributed by atoms with van der Waals surface area (Å²) in [6.07, 6.45) is 0. The second-order valence-electron chi connectivity index (χ2n) is 3.91. The molecule has 17 heavy (non-hydrogen) atoms. The molecule has 0 aromatic heterocycles. The van der Waals surface area contributed by atoms with Crippen LogP contribution in [0.4, 0.5) is 5.69 Å². The molecule has 0 saturated heterocycles. The molecule has 0 aliphatic rings. The average molecular weight is 243 g/mol. The van der Waals surface area contributed by atoms with Gasteiger partial charge in [0.15, 0.2) is 0 Å². The average Bonchev–Trinajstić information content (AvgIpc) is 2.38. The fourth-order valence-corrected chi connectivity index (χ4v) is 2.53. The topological polar surface area (TPSA) is 12.0 Å². The molecule has 2 aromatic rings. The molecule has 0 aliphatic carbocycles. The number of hydrogen-bond donors (Lipinski definition) is 1. The first-order valence-electron chi connectivity index (χ1n) is 5.83. The van der Waals surface area contributed by atoms with Crippen LogP contribution < -0.4 is 5.32 Å². The lowest BCUT2D eigenvalue weighted by atomic mass is 10.2. The number of thioether (sulfide) groups is 1. The molecule has 0 amide bonds. The number of nitrogens with one attached hydrogen (secondary N) is 1. The Morgan fingerprint density at radius 3 is 2.41 bits per heavy atom. The van der Waals surface area contributed by atoms with Gasteiger partial charge < -0.3 is 5.32 Å². The van der Waals surface area contributed by atoms with Crippen LogP contribution in [-0.4, -0.2) is 12.3 Å². The highest BCUT2D eigenvalue weighted by atomic mass is 32.2. The fourth-order valence-electron chi connectivity index (χ4n) is 1.63. The SMILES string of the molecule is Cc1ccccc1SCCNc1ccccc1. The molecule has 1 nitrogen and oxygen atoms in total. The molecule has 0 saturated carbocycles. The number of para-hydroxylation sites is 1. The summed E-state index contributed by atoms with van der Waals surface area (Å²) in [5.74, 6) is 1.08. The van der Waals surface area contributed by atoms with E-state index in [9.17, 15) is 0 Å². The van der Waals surface area contributed by atoms with Crippen LogP contribution >= 0.6 is 11.8 Å². The molecule has 1 N–H and O–H groups in total. The summed E-state index contributed by atoms with van der Waals surface area (Å²) in [5.41, 5.74) is 2.55. The number of hydrogen-bond acceptors (Lipinski definition) is 2. The zero-order valence-electron chi connectivity index (χ0n) is 10.0. The molecule has 2 rings (SSSR count). The number of anilines is 1. The lowest BCUT2D eigenvalue weighted by Crippen LogP contribution is -2.03. The molecule has 0 radical (unpaired) electrons. The van der Waals surface area contributed by atoms with Crippen LogP contribution in [0.1, 0.15) is 5.56 Å². The first-order chi connectivity index (χ1) is 8.36. The van der Waals surface area contributed by atoms with Gasteiger partial charge in [0.05, 0.1) is 0 Å². The molecule has 0 heterocycles. The summed E-state index contributed by atoms with van der Waals surface area (Å²) < 4.78 is 0. The minimum atomic E-state index is 0.989. The maximum Gasteiger partial charge on any atom is 0.0340 e. The molecule has 0 spiro atoms. The van der Waals surface area contributed by atoms with Crippen LogP contribution in [0.25, 0.3) is 0 Å². The molecule has 0 bridgehead atoms. The number of aryl methyl sites for hydroxylation is 1. The van der Waals surface area contributed by atoms with E-state index < -0.39 is 0 Å². The molecule has 0 fully saturated rings. The number of benzene rings is 2. The lowest BCUT2D eigenvalue weighted by molar-refractivity contribution is 1.21. The zero-order chi connectivity index (χ0) is 11.9. The minimum Gasteiger partial charge on any atom is -0.384 e. The normalized spacial score (nSPS) is 10.2. The van der Waals surface area contributed by atoms with Crippen molar-refractivity contribution in [3.05, 3.63) is 60.2 Å². The fraction of sp³-hybridized carbons (Fsp3) is 0.200. The van der Waals surface area contributed by atoms with Gasteiger partial charge in [0, 0.05) is 22.9 Å². The van der Waals surface area contributed by atoms with Crippen molar-refractivity contribution in [1.82, 2.24) is 0 Å². The number of rotatable bonds is 5. The van der Waals surface area contributed by atoms with Crippen molar-refractivity contribution >= 4 is 17.4 Å². The van der Waals surface area contributed by atoms with Gasteiger partial charge >= 0.3 is 0 Å². The predicted molar refractivity (Wildman–Crippen MR) is 76.8 cm³/mol. The van der Waals surface area contributed by atoms with E-state index in [1.807, 2.05) is 17.8 Å². The van der Waals surface area contributed by atoms with E-state index in [2.05, 4.69) is 60.8 Å². The highest BCUT2D eigenvalue weighted by molar-refractivity contribution is 7.99. The van der Waals surface area contributed by atoms with Gasteiger partial charge in [-0.3, -0.25) is 0 Å². The quantitative estimate of drug-likeness (QED) is 0.624. The molecule has 2 heteroatoms. The highest BCUT2D eigenvalue weighted by Gasteiger charge is 1.97. The Morgan fingerprint density at radius 1 is 0.941 bits per heavy atom. The monoisotopic (exact) mass is 243 g/mol. The van der Waals surface area contributed by atoms with Crippen LogP contribution in [0, 0.1) is 6.92 Å². The van der Waals surface area contributed by atoms with Gasteiger partial charge in [-0.15, -0.1) is 11.8 Å². The van der Waals surface area contributed by atoms with Crippen molar-refractivity contribution < 1.29 is 0 Å². The Balaban J connectivity index is 1.76. The van der Waals surface area contributed by atoms with Crippen LogP contribution in [-0.2, 0) is 0 Å². The summed E-state index contributed by atoms with van der Waals surface area (Å²) >= 11 is 1.90. The van der Waals surface area contributed by atoms with Crippen molar-refractivity contribution in [3.63, 3.8) is 0 Å². The smallest absolute Gasteiger partial charge is 0.0340 e. The third-order valence-corrected chi connectivity index (χ3v) is 3.73. The van der Waals surface area contributed by atoms with E-state index in [0.29, 0.717) is 0 Å². The molecule has 88 valence electrons. The van der Waals surface area contributed by atoms with Crippen LogP contribution in [0.15, 0.2) is 59.5 Å². The first kappa shape index (κ1) is 12.1. The van der Waals surface area contributed by atoms with Crippen molar-refractivity contribution in [2.45, 2.75) is 11.8 Å². The summed E-state index contributed by atoms with van der Waals surface area (Å²) in [5, 5.41) is 3.41. The Morgan fingerprint density at radius 2 is 1.65 bits per heavy atom. The summed E-state index contributed by atoms with van der Waals surface area (Å²) in [7, 11) is 0. The van der Waals surface area contributed by atoms with Crippen molar-refractivity contribution in [1.29, 1.82) is 0 Å². The third kappa shape index (κ3) is 3.82. The van der Waals surface area contributed by atoms with E-state index in [-0.39, 0.29) is 0 Å². The Bertz CT molecular complexity index is 453. The van der Waals surface area contributed by atoms with E-state index in [1.165, 1.54) is 16.1 Å². The molecule has 2 aromatic carbocycles. The van der Waals surface area contributed by atoms with Gasteiger partial charge in [0.1, 0.15) is 0 Å². The molecule has 0 aliphatic heterocycles. The maximum atomic E-state index is 3.41. The van der Waals surface area contributed by atoms with Gasteiger partial charge in [0.2, 0.25) is 0 Å². The van der Waals surface area contributed by atoms with Crippen molar-refractivity contribution in [2.24, 2.45) is 0 Å². The van der Waals surface area contributed by atoms with E-state index in [1.54, 1.807) is 0 Å². The van der Waals surface area contributed by atoms with E-state index in [0.717, 1.165) is 12.3 Å². The van der Waals surface area contributed by atoms with Crippen molar-refractivity contribution in [3.8, 4) is 0 Å². The first-order valence-corrected chi connectivity index (χ1v) is 6.82. The van der Waals surface area contributed by atoms with Gasteiger partial charge in [-0.25, -0.2) is 0 Å². The van der Waals surface area contributed by atoms with Gasteiger partial charge in [-0.1, -0.05) is 36.4 Å². The van der Waals surface area contributed by atoms with Gasteiger partial charge in [-0.2, -0.15) is 0 Å². The van der Waals surface area contributed by atoms with E-state index >= 15 is 0 Å². The second-order valence-corrected chi connectivity index (χ2v) is 5.04. The largest absolute Gasteiger partial charge is 0.384 e. The minimum absolute atomic E-state index is 0.989. The summed E-state index contributed by atoms with van der Waals surface area (Å²) in [6, 6.07) is 18.9. The highest BCUT2D eigenvalue weighted by Crippen LogP contribution is 2.21. The Kier molecular flexibility index (Phi) is 4.51. The standard InChI is InChI=1S/C15H17NS/c1-13-7-5-6-10-15(13)17-12-11-16-14-8-3-2-4-9-14/h2-10,16H,11-12H2,1H3. The van der Waals surface area contributed by atoms with Crippen LogP contribution in [0.5, 0.6) is 0 Å². The maximum absolute atomic E-state index is 3.41. The molecule has 0 atom stereocenters. The molecule has 0 unspecified atom stereocenters. The summed E-state index contributed by atoms with van der Waals surface area (Å²) in [6.45, 7) is 3.15. The second kappa shape index (κ2) is 6.36. The lowest BCUT2D eigenvalue weighted by Gasteiger charge is -2.07. The van der Waals surface area contributed by atoms with Gasteiger partial charge in [-0.05, 0) is 30.7 Å². The van der Waals surface area contributed by atoms with E-state index in [4.69, 9.17) is 0 Å². The predicted octanol–water partition coefficient (Wildman–Crippen LogP) is 4.20.